The molecule has 10 nitrogen and oxygen atoms in total. The number of nitrogens with one attached hydrogen (secondary N) is 2. The average molecular weight is 442 g/mol. The number of amides is 2. The van der Waals surface area contributed by atoms with Crippen LogP contribution in [-0.2, 0) is 9.59 Å². The van der Waals surface area contributed by atoms with E-state index in [0.717, 1.165) is 0 Å². The molecule has 2 aromatic rings. The fourth-order valence-corrected chi connectivity index (χ4v) is 2.59. The van der Waals surface area contributed by atoms with Gasteiger partial charge in [0.05, 0.1) is 26.6 Å². The van der Waals surface area contributed by atoms with Crippen molar-refractivity contribution in [2.75, 3.05) is 14.2 Å². The Kier molecular flexibility index (Phi) is 9.51. The molecule has 2 aromatic carbocycles. The number of methoxy groups -OCH3 is 2. The molecule has 2 rings (SSSR count). The first-order valence-corrected chi connectivity index (χ1v) is 9.80. The molecule has 0 aliphatic rings. The lowest BCUT2D eigenvalue weighted by molar-refractivity contribution is -0.123. The van der Waals surface area contributed by atoms with Crippen molar-refractivity contribution in [3.63, 3.8) is 0 Å². The van der Waals surface area contributed by atoms with Gasteiger partial charge >= 0.3 is 0 Å². The van der Waals surface area contributed by atoms with E-state index in [-0.39, 0.29) is 36.2 Å². The second-order valence-electron chi connectivity index (χ2n) is 6.66. The zero-order valence-electron chi connectivity index (χ0n) is 17.9. The number of rotatable bonds is 11. The predicted octanol–water partition coefficient (Wildman–Crippen LogP) is 2.28. The third-order valence-corrected chi connectivity index (χ3v) is 4.27. The predicted molar refractivity (Wildman–Crippen MR) is 119 cm³/mol. The maximum Gasteiger partial charge on any atom is 0.240 e. The van der Waals surface area contributed by atoms with Crippen molar-refractivity contribution in [1.82, 2.24) is 10.9 Å². The molecule has 2 amide bonds. The number of ether oxygens (including phenoxy) is 2. The quantitative estimate of drug-likeness (QED) is 0.239. The van der Waals surface area contributed by atoms with E-state index in [1.165, 1.54) is 38.8 Å². The van der Waals surface area contributed by atoms with Gasteiger partial charge in [0.2, 0.25) is 11.8 Å². The number of carbonyl (C=O) groups is 2. The van der Waals surface area contributed by atoms with Crippen molar-refractivity contribution in [2.45, 2.75) is 25.7 Å². The summed E-state index contributed by atoms with van der Waals surface area (Å²) >= 11 is 0. The monoisotopic (exact) mass is 442 g/mol. The Morgan fingerprint density at radius 1 is 0.812 bits per heavy atom. The van der Waals surface area contributed by atoms with E-state index in [1.54, 1.807) is 24.3 Å². The van der Waals surface area contributed by atoms with E-state index >= 15 is 0 Å². The number of hydrogen-bond donors (Lipinski definition) is 4. The molecule has 0 fully saturated rings. The molecule has 170 valence electrons. The summed E-state index contributed by atoms with van der Waals surface area (Å²) < 4.78 is 10.0. The molecule has 32 heavy (non-hydrogen) atoms. The molecule has 0 radical (unpaired) electrons. The second-order valence-corrected chi connectivity index (χ2v) is 6.66. The summed E-state index contributed by atoms with van der Waals surface area (Å²) in [4.78, 5) is 23.6. The second kappa shape index (κ2) is 12.6. The Morgan fingerprint density at radius 3 is 1.59 bits per heavy atom. The molecule has 0 unspecified atom stereocenters. The minimum atomic E-state index is -0.272. The molecule has 0 atom stereocenters. The fraction of sp³-hybridized carbons (Fsp3) is 0.273. The van der Waals surface area contributed by atoms with Crippen LogP contribution < -0.4 is 20.3 Å². The van der Waals surface area contributed by atoms with Crippen LogP contribution >= 0.6 is 0 Å². The number of carbonyl (C=O) groups excluding carboxylic acids is 2. The lowest BCUT2D eigenvalue weighted by Crippen LogP contribution is -2.19. The molecule has 0 aliphatic heterocycles. The minimum Gasteiger partial charge on any atom is -0.504 e. The molecule has 0 heterocycles. The van der Waals surface area contributed by atoms with Crippen LogP contribution in [0.1, 0.15) is 36.8 Å². The van der Waals surface area contributed by atoms with Gasteiger partial charge in [-0.2, -0.15) is 10.2 Å². The lowest BCUT2D eigenvalue weighted by atomic mass is 10.2. The highest BCUT2D eigenvalue weighted by atomic mass is 16.5. The third-order valence-electron chi connectivity index (χ3n) is 4.27. The van der Waals surface area contributed by atoms with Crippen molar-refractivity contribution in [3.05, 3.63) is 47.5 Å². The topological polar surface area (TPSA) is 142 Å². The van der Waals surface area contributed by atoms with Crippen molar-refractivity contribution in [1.29, 1.82) is 0 Å². The molecule has 10 heteroatoms. The van der Waals surface area contributed by atoms with E-state index in [0.29, 0.717) is 35.5 Å². The van der Waals surface area contributed by atoms with Crippen LogP contribution in [0.25, 0.3) is 0 Å². The highest BCUT2D eigenvalue weighted by molar-refractivity contribution is 5.84. The van der Waals surface area contributed by atoms with Gasteiger partial charge in [0, 0.05) is 12.8 Å². The minimum absolute atomic E-state index is 0.0176. The molecule has 0 bridgehead atoms. The summed E-state index contributed by atoms with van der Waals surface area (Å²) in [7, 11) is 2.88. The summed E-state index contributed by atoms with van der Waals surface area (Å²) in [5, 5.41) is 26.8. The molecule has 0 saturated carbocycles. The maximum atomic E-state index is 11.8. The molecule has 4 N–H and O–H groups in total. The molecular weight excluding hydrogens is 416 g/mol. The summed E-state index contributed by atoms with van der Waals surface area (Å²) in [5.41, 5.74) is 6.14. The highest BCUT2D eigenvalue weighted by Gasteiger charge is 2.05. The Hall–Kier alpha value is -4.08. The normalized spacial score (nSPS) is 10.9. The Labute approximate surface area is 185 Å². The fourth-order valence-electron chi connectivity index (χ4n) is 2.59. The maximum absolute atomic E-state index is 11.8. The summed E-state index contributed by atoms with van der Waals surface area (Å²) in [6.07, 6.45) is 4.35. The number of benzene rings is 2. The van der Waals surface area contributed by atoms with Gasteiger partial charge in [-0.15, -0.1) is 0 Å². The first-order chi connectivity index (χ1) is 15.4. The van der Waals surface area contributed by atoms with Crippen LogP contribution in [0.15, 0.2) is 46.6 Å². The Bertz CT molecular complexity index is 911. The van der Waals surface area contributed by atoms with Gasteiger partial charge in [0.15, 0.2) is 23.0 Å². The summed E-state index contributed by atoms with van der Waals surface area (Å²) in [5.74, 6) is 0.114. The lowest BCUT2D eigenvalue weighted by Gasteiger charge is -2.04. The van der Waals surface area contributed by atoms with E-state index in [1.807, 2.05) is 0 Å². The van der Waals surface area contributed by atoms with Crippen molar-refractivity contribution >= 4 is 24.2 Å². The zero-order valence-corrected chi connectivity index (χ0v) is 17.9. The van der Waals surface area contributed by atoms with Crippen molar-refractivity contribution in [3.8, 4) is 23.0 Å². The number of phenolic OH excluding ortho intramolecular Hbond substituents is 2. The SMILES string of the molecule is COc1cc(/C=N\NC(=O)CCCCC(=O)N/N=C\c2ccc(O)c(OC)c2)ccc1O. The van der Waals surface area contributed by atoms with Gasteiger partial charge in [0.1, 0.15) is 0 Å². The third kappa shape index (κ3) is 7.98. The van der Waals surface area contributed by atoms with Gasteiger partial charge in [-0.3, -0.25) is 9.59 Å². The summed E-state index contributed by atoms with van der Waals surface area (Å²) in [6, 6.07) is 9.38. The van der Waals surface area contributed by atoms with Crippen LogP contribution in [0.4, 0.5) is 0 Å². The molecule has 0 aliphatic carbocycles. The van der Waals surface area contributed by atoms with Gasteiger partial charge in [0.25, 0.3) is 0 Å². The number of hydrazone groups is 2. The van der Waals surface area contributed by atoms with Gasteiger partial charge in [-0.05, 0) is 60.4 Å². The number of unbranched alkanes of at least 4 members (excludes halogenated alkanes) is 1. The van der Waals surface area contributed by atoms with Crippen LogP contribution in [0, 0.1) is 0 Å². The van der Waals surface area contributed by atoms with E-state index < -0.39 is 0 Å². The Balaban J connectivity index is 1.64. The van der Waals surface area contributed by atoms with Crippen molar-refractivity contribution in [2.24, 2.45) is 10.2 Å². The summed E-state index contributed by atoms with van der Waals surface area (Å²) in [6.45, 7) is 0. The number of phenols is 2. The molecule has 0 spiro atoms. The number of hydrogen-bond acceptors (Lipinski definition) is 8. The first-order valence-electron chi connectivity index (χ1n) is 9.80. The van der Waals surface area contributed by atoms with E-state index in [4.69, 9.17) is 9.47 Å². The van der Waals surface area contributed by atoms with E-state index in [2.05, 4.69) is 21.1 Å². The largest absolute Gasteiger partial charge is 0.504 e. The van der Waals surface area contributed by atoms with Gasteiger partial charge in [-0.25, -0.2) is 10.9 Å². The van der Waals surface area contributed by atoms with Gasteiger partial charge < -0.3 is 19.7 Å². The zero-order chi connectivity index (χ0) is 23.3. The molecule has 0 saturated heterocycles. The van der Waals surface area contributed by atoms with E-state index in [9.17, 15) is 19.8 Å². The van der Waals surface area contributed by atoms with Gasteiger partial charge in [-0.1, -0.05) is 0 Å². The average Bonchev–Trinajstić information content (AvgIpc) is 2.79. The van der Waals surface area contributed by atoms with Crippen molar-refractivity contribution < 1.29 is 29.3 Å². The molecule has 0 aromatic heterocycles. The Morgan fingerprint density at radius 2 is 1.22 bits per heavy atom. The first kappa shape index (κ1) is 24.2. The number of aromatic hydroxyl groups is 2. The van der Waals surface area contributed by atoms with Crippen LogP contribution in [0.3, 0.4) is 0 Å². The number of nitrogens with zero attached hydrogens (tertiary/aromatic N) is 2. The smallest absolute Gasteiger partial charge is 0.240 e. The highest BCUT2D eigenvalue weighted by Crippen LogP contribution is 2.26. The van der Waals surface area contributed by atoms with Crippen LogP contribution in [0.2, 0.25) is 0 Å². The molecular formula is C22H26N4O6. The van der Waals surface area contributed by atoms with Crippen LogP contribution in [-0.4, -0.2) is 48.7 Å². The standard InChI is InChI=1S/C22H26N4O6/c1-31-19-11-15(7-9-17(19)27)13-23-25-21(29)5-3-4-6-22(30)26-24-14-16-8-10-18(28)20(12-16)32-2/h7-14,27-28H,3-6H2,1-2H3,(H,25,29)(H,26,30)/b23-13-,24-14-. The van der Waals surface area contributed by atoms with Crippen LogP contribution in [0.5, 0.6) is 23.0 Å².